The number of ketones is 1. The zero-order valence-electron chi connectivity index (χ0n) is 16.9. The van der Waals surface area contributed by atoms with Gasteiger partial charge in [0, 0.05) is 17.2 Å². The highest BCUT2D eigenvalue weighted by Crippen LogP contribution is 2.32. The van der Waals surface area contributed by atoms with Gasteiger partial charge in [0.25, 0.3) is 0 Å². The standard InChI is InChI=1S/C24H28O4/c1-6-7-22-19(10-13-23(26)18-8-11-20(25)12-9-18)14-21(27-16(2)3)15-24(22)28-17(4)5/h6,8-17,25H,1,7H2,2-5H3/b13-10+. The molecule has 0 unspecified atom stereocenters. The van der Waals surface area contributed by atoms with Crippen LogP contribution in [-0.4, -0.2) is 23.1 Å². The predicted octanol–water partition coefficient (Wildman–Crippen LogP) is 5.59. The zero-order valence-corrected chi connectivity index (χ0v) is 16.9. The molecule has 0 saturated heterocycles. The molecule has 0 heterocycles. The van der Waals surface area contributed by atoms with Crippen LogP contribution in [0.1, 0.15) is 49.2 Å². The van der Waals surface area contributed by atoms with Crippen LogP contribution in [-0.2, 0) is 6.42 Å². The number of carbonyl (C=O) groups excluding carboxylic acids is 1. The van der Waals surface area contributed by atoms with E-state index in [-0.39, 0.29) is 23.7 Å². The lowest BCUT2D eigenvalue weighted by Crippen LogP contribution is -2.10. The lowest BCUT2D eigenvalue weighted by molar-refractivity contribution is 0.104. The molecule has 28 heavy (non-hydrogen) atoms. The minimum Gasteiger partial charge on any atom is -0.508 e. The van der Waals surface area contributed by atoms with Crippen LogP contribution < -0.4 is 9.47 Å². The van der Waals surface area contributed by atoms with E-state index in [0.717, 1.165) is 16.9 Å². The number of phenols is 1. The molecule has 4 nitrogen and oxygen atoms in total. The maximum Gasteiger partial charge on any atom is 0.185 e. The Morgan fingerprint density at radius 1 is 1.07 bits per heavy atom. The molecule has 2 rings (SSSR count). The molecule has 0 aliphatic heterocycles. The molecular formula is C24H28O4. The Morgan fingerprint density at radius 2 is 1.71 bits per heavy atom. The second-order valence-corrected chi connectivity index (χ2v) is 7.06. The van der Waals surface area contributed by atoms with Crippen molar-refractivity contribution in [3.8, 4) is 17.2 Å². The Bertz CT molecular complexity index is 846. The first-order chi connectivity index (χ1) is 13.3. The van der Waals surface area contributed by atoms with E-state index in [1.807, 2.05) is 45.9 Å². The fourth-order valence-corrected chi connectivity index (χ4v) is 2.74. The van der Waals surface area contributed by atoms with Crippen molar-refractivity contribution in [2.75, 3.05) is 0 Å². The highest BCUT2D eigenvalue weighted by atomic mass is 16.5. The smallest absolute Gasteiger partial charge is 0.185 e. The lowest BCUT2D eigenvalue weighted by Gasteiger charge is -2.19. The van der Waals surface area contributed by atoms with Crippen molar-refractivity contribution in [1.29, 1.82) is 0 Å². The number of benzene rings is 2. The van der Waals surface area contributed by atoms with Gasteiger partial charge in [-0.05, 0) is 76.1 Å². The molecule has 0 saturated carbocycles. The molecule has 0 spiro atoms. The Kier molecular flexibility index (Phi) is 7.44. The van der Waals surface area contributed by atoms with Crippen LogP contribution in [0.2, 0.25) is 0 Å². The van der Waals surface area contributed by atoms with Gasteiger partial charge in [-0.1, -0.05) is 12.2 Å². The van der Waals surface area contributed by atoms with Crippen molar-refractivity contribution in [1.82, 2.24) is 0 Å². The van der Waals surface area contributed by atoms with Gasteiger partial charge < -0.3 is 14.6 Å². The van der Waals surface area contributed by atoms with E-state index >= 15 is 0 Å². The third-order valence-corrected chi connectivity index (χ3v) is 3.87. The number of ether oxygens (including phenoxy) is 2. The molecular weight excluding hydrogens is 352 g/mol. The highest BCUT2D eigenvalue weighted by molar-refractivity contribution is 6.07. The molecule has 2 aromatic rings. The maximum atomic E-state index is 12.5. The molecule has 148 valence electrons. The minimum absolute atomic E-state index is 0.00771. The van der Waals surface area contributed by atoms with E-state index in [2.05, 4.69) is 6.58 Å². The summed E-state index contributed by atoms with van der Waals surface area (Å²) in [5.74, 6) is 1.40. The van der Waals surface area contributed by atoms with Crippen molar-refractivity contribution in [3.05, 3.63) is 71.8 Å². The van der Waals surface area contributed by atoms with E-state index in [4.69, 9.17) is 9.47 Å². The van der Waals surface area contributed by atoms with Gasteiger partial charge in [0.2, 0.25) is 0 Å². The van der Waals surface area contributed by atoms with Crippen molar-refractivity contribution in [2.45, 2.75) is 46.3 Å². The average Bonchev–Trinajstić information content (AvgIpc) is 2.61. The highest BCUT2D eigenvalue weighted by Gasteiger charge is 2.13. The topological polar surface area (TPSA) is 55.8 Å². The first kappa shape index (κ1) is 21.3. The molecule has 1 N–H and O–H groups in total. The number of carbonyl (C=O) groups is 1. The van der Waals surface area contributed by atoms with Gasteiger partial charge in [-0.2, -0.15) is 0 Å². The van der Waals surface area contributed by atoms with Crippen LogP contribution in [0.5, 0.6) is 17.2 Å². The lowest BCUT2D eigenvalue weighted by atomic mass is 10.0. The second kappa shape index (κ2) is 9.79. The summed E-state index contributed by atoms with van der Waals surface area (Å²) < 4.78 is 11.9. The maximum absolute atomic E-state index is 12.5. The zero-order chi connectivity index (χ0) is 20.7. The SMILES string of the molecule is C=CCc1c(/C=C/C(=O)c2ccc(O)cc2)cc(OC(C)C)cc1OC(C)C. The fraction of sp³-hybridized carbons (Fsp3) is 0.292. The summed E-state index contributed by atoms with van der Waals surface area (Å²) in [7, 11) is 0. The van der Waals surface area contributed by atoms with Crippen LogP contribution in [0.25, 0.3) is 6.08 Å². The predicted molar refractivity (Wildman–Crippen MR) is 113 cm³/mol. The number of rotatable bonds is 9. The van der Waals surface area contributed by atoms with Gasteiger partial charge >= 0.3 is 0 Å². The number of hydrogen-bond acceptors (Lipinski definition) is 4. The Morgan fingerprint density at radius 3 is 2.29 bits per heavy atom. The summed E-state index contributed by atoms with van der Waals surface area (Å²) in [5.41, 5.74) is 2.31. The molecule has 0 radical (unpaired) electrons. The monoisotopic (exact) mass is 380 g/mol. The van der Waals surface area contributed by atoms with Crippen molar-refractivity contribution >= 4 is 11.9 Å². The van der Waals surface area contributed by atoms with Crippen LogP contribution in [0.15, 0.2) is 55.1 Å². The molecule has 0 aliphatic rings. The summed E-state index contributed by atoms with van der Waals surface area (Å²) in [6, 6.07) is 9.98. The molecule has 4 heteroatoms. The van der Waals surface area contributed by atoms with Gasteiger partial charge in [-0.3, -0.25) is 4.79 Å². The van der Waals surface area contributed by atoms with E-state index in [0.29, 0.717) is 17.7 Å². The van der Waals surface area contributed by atoms with Gasteiger partial charge in [-0.15, -0.1) is 6.58 Å². The van der Waals surface area contributed by atoms with Crippen LogP contribution in [0.4, 0.5) is 0 Å². The molecule has 0 aromatic heterocycles. The van der Waals surface area contributed by atoms with Crippen molar-refractivity contribution in [2.24, 2.45) is 0 Å². The first-order valence-corrected chi connectivity index (χ1v) is 9.42. The third-order valence-electron chi connectivity index (χ3n) is 3.87. The van der Waals surface area contributed by atoms with Crippen molar-refractivity contribution < 1.29 is 19.4 Å². The Balaban J connectivity index is 2.44. The summed E-state index contributed by atoms with van der Waals surface area (Å²) in [4.78, 5) is 12.5. The second-order valence-electron chi connectivity index (χ2n) is 7.06. The molecule has 0 atom stereocenters. The number of phenolic OH excluding ortho intramolecular Hbond substituents is 1. The summed E-state index contributed by atoms with van der Waals surface area (Å²) in [5, 5.41) is 9.38. The molecule has 0 amide bonds. The normalized spacial score (nSPS) is 11.2. The van der Waals surface area contributed by atoms with Crippen LogP contribution >= 0.6 is 0 Å². The molecule has 0 aliphatic carbocycles. The van der Waals surface area contributed by atoms with Gasteiger partial charge in [0.05, 0.1) is 12.2 Å². The number of allylic oxidation sites excluding steroid dienone is 2. The van der Waals surface area contributed by atoms with E-state index in [1.54, 1.807) is 18.2 Å². The van der Waals surface area contributed by atoms with Gasteiger partial charge in [-0.25, -0.2) is 0 Å². The van der Waals surface area contributed by atoms with E-state index in [1.165, 1.54) is 18.2 Å². The average molecular weight is 380 g/mol. The largest absolute Gasteiger partial charge is 0.508 e. The minimum atomic E-state index is -0.147. The number of aromatic hydroxyl groups is 1. The summed E-state index contributed by atoms with van der Waals surface area (Å²) >= 11 is 0. The molecule has 2 aromatic carbocycles. The third kappa shape index (κ3) is 6.02. The van der Waals surface area contributed by atoms with E-state index < -0.39 is 0 Å². The van der Waals surface area contributed by atoms with Gasteiger partial charge in [0.1, 0.15) is 17.2 Å². The fourth-order valence-electron chi connectivity index (χ4n) is 2.74. The first-order valence-electron chi connectivity index (χ1n) is 9.42. The summed E-state index contributed by atoms with van der Waals surface area (Å²) in [6.07, 6.45) is 5.74. The quantitative estimate of drug-likeness (QED) is 0.350. The Hall–Kier alpha value is -3.01. The van der Waals surface area contributed by atoms with E-state index in [9.17, 15) is 9.90 Å². The summed E-state index contributed by atoms with van der Waals surface area (Å²) in [6.45, 7) is 11.7. The molecule has 0 fully saturated rings. The molecule has 0 bridgehead atoms. The van der Waals surface area contributed by atoms with Gasteiger partial charge in [0.15, 0.2) is 5.78 Å². The number of hydrogen-bond donors (Lipinski definition) is 1. The van der Waals surface area contributed by atoms with Crippen LogP contribution in [0.3, 0.4) is 0 Å². The van der Waals surface area contributed by atoms with Crippen LogP contribution in [0, 0.1) is 0 Å². The van der Waals surface area contributed by atoms with Crippen molar-refractivity contribution in [3.63, 3.8) is 0 Å². The Labute approximate surface area is 167 Å².